The van der Waals surface area contributed by atoms with Gasteiger partial charge in [-0.2, -0.15) is 0 Å². The number of nitrogens with one attached hydrogen (secondary N) is 1. The van der Waals surface area contributed by atoms with Crippen molar-refractivity contribution in [3.8, 4) is 0 Å². The van der Waals surface area contributed by atoms with Crippen LogP contribution in [0.5, 0.6) is 0 Å². The molecule has 0 bridgehead atoms. The molecule has 0 aliphatic heterocycles. The Bertz CT molecular complexity index is 456. The van der Waals surface area contributed by atoms with Crippen LogP contribution in [0.1, 0.15) is 36.8 Å². The average Bonchev–Trinajstić information content (AvgIpc) is 2.34. The normalized spacial score (nSPS) is 23.2. The van der Waals surface area contributed by atoms with E-state index in [0.717, 1.165) is 47.0 Å². The summed E-state index contributed by atoms with van der Waals surface area (Å²) in [7, 11) is 0. The third kappa shape index (κ3) is 3.57. The summed E-state index contributed by atoms with van der Waals surface area (Å²) < 4.78 is 1.05. The molecule has 0 unspecified atom stereocenters. The van der Waals surface area contributed by atoms with Crippen LogP contribution in [0.3, 0.4) is 0 Å². The molecule has 1 aromatic carbocycles. The topological polar surface area (TPSA) is 55.1 Å². The van der Waals surface area contributed by atoms with Gasteiger partial charge >= 0.3 is 0 Å². The van der Waals surface area contributed by atoms with Crippen LogP contribution in [0, 0.1) is 19.8 Å². The predicted molar refractivity (Wildman–Crippen MR) is 82.2 cm³/mol. The summed E-state index contributed by atoms with van der Waals surface area (Å²) in [6.07, 6.45) is 3.72. The summed E-state index contributed by atoms with van der Waals surface area (Å²) in [5.41, 5.74) is 9.01. The number of halogens is 1. The Morgan fingerprint density at radius 3 is 2.26 bits per heavy atom. The SMILES string of the molecule is Cc1cc(Br)cc(C)c1NC(=O)C1CCC(N)CC1. The van der Waals surface area contributed by atoms with Gasteiger partial charge in [0.25, 0.3) is 0 Å². The number of rotatable bonds is 2. The molecule has 4 heteroatoms. The molecule has 2 rings (SSSR count). The van der Waals surface area contributed by atoms with Gasteiger partial charge in [0.05, 0.1) is 0 Å². The molecule has 3 N–H and O–H groups in total. The molecule has 0 spiro atoms. The average molecular weight is 325 g/mol. The maximum atomic E-state index is 12.3. The van der Waals surface area contributed by atoms with E-state index < -0.39 is 0 Å². The third-order valence-corrected chi connectivity index (χ3v) is 4.35. The second kappa shape index (κ2) is 6.06. The van der Waals surface area contributed by atoms with Gasteiger partial charge in [-0.1, -0.05) is 15.9 Å². The first kappa shape index (κ1) is 14.5. The van der Waals surface area contributed by atoms with E-state index in [1.165, 1.54) is 0 Å². The molecule has 1 amide bonds. The monoisotopic (exact) mass is 324 g/mol. The molecule has 0 heterocycles. The first-order valence-electron chi connectivity index (χ1n) is 6.80. The van der Waals surface area contributed by atoms with Crippen LogP contribution < -0.4 is 11.1 Å². The molecule has 1 aromatic rings. The van der Waals surface area contributed by atoms with E-state index in [9.17, 15) is 4.79 Å². The summed E-state index contributed by atoms with van der Waals surface area (Å²) >= 11 is 3.47. The van der Waals surface area contributed by atoms with Crippen molar-refractivity contribution in [1.82, 2.24) is 0 Å². The number of hydrogen-bond donors (Lipinski definition) is 2. The van der Waals surface area contributed by atoms with E-state index >= 15 is 0 Å². The summed E-state index contributed by atoms with van der Waals surface area (Å²) in [6, 6.07) is 4.33. The van der Waals surface area contributed by atoms with Gasteiger partial charge in [-0.15, -0.1) is 0 Å². The zero-order chi connectivity index (χ0) is 14.0. The van der Waals surface area contributed by atoms with Crippen LogP contribution in [0.25, 0.3) is 0 Å². The van der Waals surface area contributed by atoms with Crippen molar-refractivity contribution in [2.45, 2.75) is 45.6 Å². The zero-order valence-electron chi connectivity index (χ0n) is 11.5. The fraction of sp³-hybridized carbons (Fsp3) is 0.533. The molecule has 0 saturated heterocycles. The maximum absolute atomic E-state index is 12.3. The second-order valence-corrected chi connectivity index (χ2v) is 6.43. The number of amides is 1. The van der Waals surface area contributed by atoms with E-state index in [1.54, 1.807) is 0 Å². The van der Waals surface area contributed by atoms with Gasteiger partial charge in [-0.25, -0.2) is 0 Å². The molecule has 0 atom stereocenters. The molecule has 0 radical (unpaired) electrons. The molecule has 3 nitrogen and oxygen atoms in total. The molecular formula is C15H21BrN2O. The lowest BCUT2D eigenvalue weighted by atomic mass is 9.86. The molecule has 1 saturated carbocycles. The Balaban J connectivity index is 2.07. The summed E-state index contributed by atoms with van der Waals surface area (Å²) in [5.74, 6) is 0.252. The van der Waals surface area contributed by atoms with Crippen molar-refractivity contribution in [3.05, 3.63) is 27.7 Å². The second-order valence-electron chi connectivity index (χ2n) is 5.52. The fourth-order valence-corrected chi connectivity index (χ4v) is 3.40. The van der Waals surface area contributed by atoms with Crippen LogP contribution in [-0.4, -0.2) is 11.9 Å². The highest BCUT2D eigenvalue weighted by molar-refractivity contribution is 9.10. The number of nitrogens with two attached hydrogens (primary N) is 1. The molecule has 1 fully saturated rings. The number of carbonyl (C=O) groups excluding carboxylic acids is 1. The number of aryl methyl sites for hydroxylation is 2. The van der Waals surface area contributed by atoms with Gasteiger partial charge in [-0.3, -0.25) is 4.79 Å². The number of benzene rings is 1. The Hall–Kier alpha value is -0.870. The van der Waals surface area contributed by atoms with Gasteiger partial charge in [0.2, 0.25) is 5.91 Å². The molecular weight excluding hydrogens is 304 g/mol. The van der Waals surface area contributed by atoms with E-state index in [-0.39, 0.29) is 17.9 Å². The Morgan fingerprint density at radius 2 is 1.74 bits per heavy atom. The standard InChI is InChI=1S/C15H21BrN2O/c1-9-7-12(16)8-10(2)14(9)18-15(19)11-3-5-13(17)6-4-11/h7-8,11,13H,3-6,17H2,1-2H3,(H,18,19). The Morgan fingerprint density at radius 1 is 1.21 bits per heavy atom. The minimum absolute atomic E-state index is 0.113. The quantitative estimate of drug-likeness (QED) is 0.874. The number of anilines is 1. The Labute approximate surface area is 123 Å². The first-order valence-corrected chi connectivity index (χ1v) is 7.60. The van der Waals surface area contributed by atoms with E-state index in [1.807, 2.05) is 26.0 Å². The third-order valence-electron chi connectivity index (χ3n) is 3.89. The molecule has 0 aromatic heterocycles. The van der Waals surface area contributed by atoms with Crippen molar-refractivity contribution in [2.24, 2.45) is 11.7 Å². The minimum Gasteiger partial charge on any atom is -0.328 e. The predicted octanol–water partition coefficient (Wildman–Crippen LogP) is 3.52. The highest BCUT2D eigenvalue weighted by Crippen LogP contribution is 2.28. The van der Waals surface area contributed by atoms with Crippen LogP contribution in [0.2, 0.25) is 0 Å². The largest absolute Gasteiger partial charge is 0.328 e. The lowest BCUT2D eigenvalue weighted by molar-refractivity contribution is -0.120. The molecule has 1 aliphatic carbocycles. The van der Waals surface area contributed by atoms with Gasteiger partial charge in [0, 0.05) is 22.1 Å². The van der Waals surface area contributed by atoms with Crippen LogP contribution in [-0.2, 0) is 4.79 Å². The maximum Gasteiger partial charge on any atom is 0.227 e. The van der Waals surface area contributed by atoms with Gasteiger partial charge in [0.1, 0.15) is 0 Å². The van der Waals surface area contributed by atoms with Crippen molar-refractivity contribution in [2.75, 3.05) is 5.32 Å². The van der Waals surface area contributed by atoms with Crippen molar-refractivity contribution >= 4 is 27.5 Å². The van der Waals surface area contributed by atoms with Gasteiger partial charge in [0.15, 0.2) is 0 Å². The molecule has 19 heavy (non-hydrogen) atoms. The fourth-order valence-electron chi connectivity index (χ4n) is 2.71. The number of hydrogen-bond acceptors (Lipinski definition) is 2. The Kier molecular flexibility index (Phi) is 4.63. The highest BCUT2D eigenvalue weighted by atomic mass is 79.9. The van der Waals surface area contributed by atoms with E-state index in [2.05, 4.69) is 21.2 Å². The van der Waals surface area contributed by atoms with Crippen LogP contribution in [0.15, 0.2) is 16.6 Å². The summed E-state index contributed by atoms with van der Waals surface area (Å²) in [5, 5.41) is 3.09. The van der Waals surface area contributed by atoms with E-state index in [0.29, 0.717) is 0 Å². The molecule has 1 aliphatic rings. The van der Waals surface area contributed by atoms with Crippen LogP contribution in [0.4, 0.5) is 5.69 Å². The lowest BCUT2D eigenvalue weighted by Gasteiger charge is -2.25. The highest BCUT2D eigenvalue weighted by Gasteiger charge is 2.25. The lowest BCUT2D eigenvalue weighted by Crippen LogP contribution is -2.32. The zero-order valence-corrected chi connectivity index (χ0v) is 13.1. The molecule has 104 valence electrons. The van der Waals surface area contributed by atoms with Crippen molar-refractivity contribution < 1.29 is 4.79 Å². The minimum atomic E-state index is 0.113. The van der Waals surface area contributed by atoms with Crippen LogP contribution >= 0.6 is 15.9 Å². The number of carbonyl (C=O) groups is 1. The van der Waals surface area contributed by atoms with E-state index in [4.69, 9.17) is 5.73 Å². The van der Waals surface area contributed by atoms with Gasteiger partial charge in [-0.05, 0) is 62.8 Å². The van der Waals surface area contributed by atoms with Gasteiger partial charge < -0.3 is 11.1 Å². The smallest absolute Gasteiger partial charge is 0.227 e. The van der Waals surface area contributed by atoms with Crippen molar-refractivity contribution in [1.29, 1.82) is 0 Å². The van der Waals surface area contributed by atoms with Crippen molar-refractivity contribution in [3.63, 3.8) is 0 Å². The summed E-state index contributed by atoms with van der Waals surface area (Å²) in [6.45, 7) is 4.04. The first-order chi connectivity index (χ1) is 8.97. The summed E-state index contributed by atoms with van der Waals surface area (Å²) in [4.78, 5) is 12.3.